The number of hydrogen-bond donors (Lipinski definition) is 2. The molecular formula is C21H26N2O5S. The van der Waals surface area contributed by atoms with E-state index in [1.54, 1.807) is 12.1 Å². The van der Waals surface area contributed by atoms with E-state index in [0.29, 0.717) is 36.6 Å². The molecule has 0 fully saturated rings. The molecule has 0 saturated carbocycles. The third-order valence-electron chi connectivity index (χ3n) is 4.54. The van der Waals surface area contributed by atoms with Crippen LogP contribution < -0.4 is 19.5 Å². The maximum absolute atomic E-state index is 12.7. The van der Waals surface area contributed by atoms with Crippen molar-refractivity contribution in [2.24, 2.45) is 0 Å². The number of benzene rings is 2. The van der Waals surface area contributed by atoms with Gasteiger partial charge in [0.15, 0.2) is 0 Å². The Kier molecular flexibility index (Phi) is 6.44. The van der Waals surface area contributed by atoms with E-state index < -0.39 is 10.0 Å². The van der Waals surface area contributed by atoms with Crippen molar-refractivity contribution >= 4 is 21.6 Å². The third-order valence-corrected chi connectivity index (χ3v) is 5.27. The van der Waals surface area contributed by atoms with Gasteiger partial charge in [0, 0.05) is 30.2 Å². The van der Waals surface area contributed by atoms with Crippen LogP contribution in [-0.4, -0.2) is 39.8 Å². The number of anilines is 1. The average molecular weight is 419 g/mol. The minimum atomic E-state index is -3.20. The molecule has 2 aromatic carbocycles. The van der Waals surface area contributed by atoms with Gasteiger partial charge in [-0.1, -0.05) is 12.1 Å². The van der Waals surface area contributed by atoms with E-state index in [1.807, 2.05) is 38.1 Å². The van der Waals surface area contributed by atoms with Crippen LogP contribution in [0.3, 0.4) is 0 Å². The van der Waals surface area contributed by atoms with Crippen molar-refractivity contribution in [3.63, 3.8) is 0 Å². The van der Waals surface area contributed by atoms with Crippen LogP contribution in [-0.2, 0) is 22.9 Å². The zero-order valence-electron chi connectivity index (χ0n) is 16.8. The molecule has 0 bridgehead atoms. The summed E-state index contributed by atoms with van der Waals surface area (Å²) in [7, 11) is -3.20. The van der Waals surface area contributed by atoms with E-state index in [0.717, 1.165) is 29.6 Å². The Balaban J connectivity index is 1.69. The van der Waals surface area contributed by atoms with Crippen LogP contribution >= 0.6 is 0 Å². The lowest BCUT2D eigenvalue weighted by Crippen LogP contribution is -2.24. The molecule has 29 heavy (non-hydrogen) atoms. The van der Waals surface area contributed by atoms with Gasteiger partial charge in [0.25, 0.3) is 5.91 Å². The lowest BCUT2D eigenvalue weighted by Gasteiger charge is -2.14. The Morgan fingerprint density at radius 1 is 1.24 bits per heavy atom. The van der Waals surface area contributed by atoms with E-state index in [4.69, 9.17) is 9.47 Å². The van der Waals surface area contributed by atoms with Gasteiger partial charge in [-0.15, -0.1) is 0 Å². The second-order valence-corrected chi connectivity index (χ2v) is 8.92. The number of ether oxygens (including phenoxy) is 2. The predicted octanol–water partition coefficient (Wildman–Crippen LogP) is 2.75. The number of sulfonamides is 1. The van der Waals surface area contributed by atoms with Crippen LogP contribution in [0.4, 0.5) is 5.69 Å². The second kappa shape index (κ2) is 8.84. The van der Waals surface area contributed by atoms with Gasteiger partial charge >= 0.3 is 0 Å². The van der Waals surface area contributed by atoms with Gasteiger partial charge in [-0.2, -0.15) is 0 Å². The zero-order chi connectivity index (χ0) is 21.0. The van der Waals surface area contributed by atoms with Gasteiger partial charge in [0.2, 0.25) is 10.0 Å². The number of hydrogen-bond acceptors (Lipinski definition) is 5. The summed E-state index contributed by atoms with van der Waals surface area (Å²) in [5, 5.41) is 2.90. The monoisotopic (exact) mass is 418 g/mol. The first-order valence-corrected chi connectivity index (χ1v) is 11.5. The Bertz CT molecular complexity index is 987. The van der Waals surface area contributed by atoms with E-state index in [1.165, 1.54) is 0 Å². The lowest BCUT2D eigenvalue weighted by molar-refractivity contribution is 0.102. The fourth-order valence-electron chi connectivity index (χ4n) is 3.21. The Morgan fingerprint density at radius 2 is 1.97 bits per heavy atom. The van der Waals surface area contributed by atoms with Crippen molar-refractivity contribution in [2.45, 2.75) is 32.8 Å². The highest BCUT2D eigenvalue weighted by Gasteiger charge is 2.22. The molecule has 1 aliphatic rings. The lowest BCUT2D eigenvalue weighted by atomic mass is 10.1. The Labute approximate surface area is 171 Å². The maximum Gasteiger partial charge on any atom is 0.255 e. The number of nitrogens with one attached hydrogen (secondary N) is 2. The molecule has 2 N–H and O–H groups in total. The summed E-state index contributed by atoms with van der Waals surface area (Å²) >= 11 is 0. The molecule has 1 amide bonds. The SMILES string of the molecule is CCOc1cc2c(cc1NC(=O)c1ccc(CCNS(C)(=O)=O)cc1)O[C@@H](C)C2. The van der Waals surface area contributed by atoms with Crippen molar-refractivity contribution in [1.82, 2.24) is 4.72 Å². The average Bonchev–Trinajstić information content (AvgIpc) is 3.00. The number of carbonyl (C=O) groups excluding carboxylic acids is 1. The minimum absolute atomic E-state index is 0.107. The molecule has 0 spiro atoms. The molecule has 0 aliphatic carbocycles. The first-order chi connectivity index (χ1) is 13.7. The smallest absolute Gasteiger partial charge is 0.255 e. The van der Waals surface area contributed by atoms with Crippen molar-refractivity contribution in [3.05, 3.63) is 53.1 Å². The van der Waals surface area contributed by atoms with Crippen LogP contribution in [0.1, 0.15) is 35.3 Å². The van der Waals surface area contributed by atoms with Gasteiger partial charge in [-0.3, -0.25) is 4.79 Å². The highest BCUT2D eigenvalue weighted by atomic mass is 32.2. The van der Waals surface area contributed by atoms with Crippen LogP contribution in [0.15, 0.2) is 36.4 Å². The molecule has 156 valence electrons. The van der Waals surface area contributed by atoms with Crippen molar-refractivity contribution in [2.75, 3.05) is 24.7 Å². The van der Waals surface area contributed by atoms with Gasteiger partial charge in [0.05, 0.1) is 18.6 Å². The zero-order valence-corrected chi connectivity index (χ0v) is 17.6. The molecule has 1 heterocycles. The van der Waals surface area contributed by atoms with Crippen LogP contribution in [0.5, 0.6) is 11.5 Å². The van der Waals surface area contributed by atoms with Gasteiger partial charge < -0.3 is 14.8 Å². The van der Waals surface area contributed by atoms with Crippen LogP contribution in [0, 0.1) is 0 Å². The molecule has 0 saturated heterocycles. The molecule has 7 nitrogen and oxygen atoms in total. The van der Waals surface area contributed by atoms with E-state index in [2.05, 4.69) is 10.0 Å². The largest absolute Gasteiger partial charge is 0.492 e. The number of rotatable bonds is 8. The van der Waals surface area contributed by atoms with Crippen molar-refractivity contribution in [1.29, 1.82) is 0 Å². The molecule has 8 heteroatoms. The molecule has 0 aromatic heterocycles. The third kappa shape index (κ3) is 5.71. The Morgan fingerprint density at radius 3 is 2.62 bits per heavy atom. The topological polar surface area (TPSA) is 93.7 Å². The summed E-state index contributed by atoms with van der Waals surface area (Å²) in [6, 6.07) is 10.8. The Hall–Kier alpha value is -2.58. The number of amides is 1. The highest BCUT2D eigenvalue weighted by Crippen LogP contribution is 2.38. The molecule has 1 aliphatic heterocycles. The standard InChI is InChI=1S/C21H26N2O5S/c1-4-27-20-12-17-11-14(2)28-19(17)13-18(20)23-21(24)16-7-5-15(6-8-16)9-10-22-29(3,25)26/h5-8,12-14,22H,4,9-11H2,1-3H3,(H,23,24)/t14-/m0/s1. The normalized spacial score (nSPS) is 15.5. The summed E-state index contributed by atoms with van der Waals surface area (Å²) in [4.78, 5) is 12.7. The fourth-order valence-corrected chi connectivity index (χ4v) is 3.68. The number of carbonyl (C=O) groups is 1. The fraction of sp³-hybridized carbons (Fsp3) is 0.381. The molecule has 3 rings (SSSR count). The highest BCUT2D eigenvalue weighted by molar-refractivity contribution is 7.88. The first-order valence-electron chi connectivity index (χ1n) is 9.56. The van der Waals surface area contributed by atoms with E-state index in [9.17, 15) is 13.2 Å². The van der Waals surface area contributed by atoms with Gasteiger partial charge in [-0.05, 0) is 44.0 Å². The quantitative estimate of drug-likeness (QED) is 0.688. The van der Waals surface area contributed by atoms with Crippen molar-refractivity contribution < 1.29 is 22.7 Å². The first kappa shape index (κ1) is 21.1. The summed E-state index contributed by atoms with van der Waals surface area (Å²) in [6.45, 7) is 4.71. The molecule has 2 aromatic rings. The van der Waals surface area contributed by atoms with E-state index >= 15 is 0 Å². The molecule has 0 unspecified atom stereocenters. The van der Waals surface area contributed by atoms with Gasteiger partial charge in [0.1, 0.15) is 17.6 Å². The van der Waals surface area contributed by atoms with Crippen LogP contribution in [0.2, 0.25) is 0 Å². The summed E-state index contributed by atoms with van der Waals surface area (Å²) in [5.41, 5.74) is 3.09. The van der Waals surface area contributed by atoms with Crippen molar-refractivity contribution in [3.8, 4) is 11.5 Å². The van der Waals surface area contributed by atoms with Gasteiger partial charge in [-0.25, -0.2) is 13.1 Å². The summed E-state index contributed by atoms with van der Waals surface area (Å²) in [5.74, 6) is 1.14. The maximum atomic E-state index is 12.7. The number of fused-ring (bicyclic) bond motifs is 1. The van der Waals surface area contributed by atoms with Crippen LogP contribution in [0.25, 0.3) is 0 Å². The molecular weight excluding hydrogens is 392 g/mol. The second-order valence-electron chi connectivity index (χ2n) is 7.09. The minimum Gasteiger partial charge on any atom is -0.492 e. The van der Waals surface area contributed by atoms with E-state index in [-0.39, 0.29) is 12.0 Å². The predicted molar refractivity (Wildman–Crippen MR) is 112 cm³/mol. The molecule has 0 radical (unpaired) electrons. The summed E-state index contributed by atoms with van der Waals surface area (Å²) < 4.78 is 36.2. The summed E-state index contributed by atoms with van der Waals surface area (Å²) in [6.07, 6.45) is 2.60. The molecule has 1 atom stereocenters.